The average Bonchev–Trinajstić information content (AvgIpc) is 2.91. The summed E-state index contributed by atoms with van der Waals surface area (Å²) in [4.78, 5) is 15.2. The standard InChI is InChI=1S/C16H10N2O3/c1-9-6-10(8-17)7-13-14(9)21-15(18-13)11-2-4-12(5-3-11)16(19)20/h2-7H,1H3,(H,19,20). The number of hydrogen-bond acceptors (Lipinski definition) is 4. The second-order valence-electron chi connectivity index (χ2n) is 4.65. The van der Waals surface area contributed by atoms with E-state index in [-0.39, 0.29) is 5.56 Å². The zero-order valence-corrected chi connectivity index (χ0v) is 11.1. The maximum atomic E-state index is 10.8. The number of nitriles is 1. The van der Waals surface area contributed by atoms with E-state index in [9.17, 15) is 4.79 Å². The second kappa shape index (κ2) is 4.76. The van der Waals surface area contributed by atoms with Crippen molar-refractivity contribution in [2.24, 2.45) is 0 Å². The van der Waals surface area contributed by atoms with Crippen molar-refractivity contribution in [3.05, 3.63) is 53.1 Å². The topological polar surface area (TPSA) is 87.1 Å². The van der Waals surface area contributed by atoms with E-state index in [1.54, 1.807) is 24.3 Å². The van der Waals surface area contributed by atoms with E-state index in [1.165, 1.54) is 12.1 Å². The van der Waals surface area contributed by atoms with Crippen molar-refractivity contribution in [3.8, 4) is 17.5 Å². The highest BCUT2D eigenvalue weighted by molar-refractivity contribution is 5.88. The lowest BCUT2D eigenvalue weighted by Gasteiger charge is -1.96. The number of aryl methyl sites for hydroxylation is 1. The summed E-state index contributed by atoms with van der Waals surface area (Å²) in [7, 11) is 0. The largest absolute Gasteiger partial charge is 0.478 e. The van der Waals surface area contributed by atoms with Crippen molar-refractivity contribution in [2.45, 2.75) is 6.92 Å². The molecule has 0 amide bonds. The predicted octanol–water partition coefficient (Wildman–Crippen LogP) is 3.37. The fraction of sp³-hybridized carbons (Fsp3) is 0.0625. The minimum absolute atomic E-state index is 0.206. The lowest BCUT2D eigenvalue weighted by Crippen LogP contribution is -1.94. The van der Waals surface area contributed by atoms with Crippen LogP contribution < -0.4 is 0 Å². The number of rotatable bonds is 2. The Morgan fingerprint density at radius 3 is 2.62 bits per heavy atom. The molecule has 0 atom stereocenters. The number of carboxylic acid groups (broad SMARTS) is 1. The summed E-state index contributed by atoms with van der Waals surface area (Å²) in [5.74, 6) is -0.575. The Kier molecular flexibility index (Phi) is 2.92. The quantitative estimate of drug-likeness (QED) is 0.776. The SMILES string of the molecule is Cc1cc(C#N)cc2nc(-c3ccc(C(=O)O)cc3)oc12. The predicted molar refractivity (Wildman–Crippen MR) is 75.9 cm³/mol. The zero-order chi connectivity index (χ0) is 15.0. The summed E-state index contributed by atoms with van der Waals surface area (Å²) >= 11 is 0. The molecule has 1 N–H and O–H groups in total. The van der Waals surface area contributed by atoms with Crippen LogP contribution in [0.2, 0.25) is 0 Å². The summed E-state index contributed by atoms with van der Waals surface area (Å²) in [6.45, 7) is 1.85. The van der Waals surface area contributed by atoms with E-state index in [4.69, 9.17) is 14.8 Å². The van der Waals surface area contributed by atoms with Crippen LogP contribution in [0, 0.1) is 18.3 Å². The first-order valence-electron chi connectivity index (χ1n) is 6.23. The molecule has 5 nitrogen and oxygen atoms in total. The number of fused-ring (bicyclic) bond motifs is 1. The van der Waals surface area contributed by atoms with Crippen LogP contribution in [0.15, 0.2) is 40.8 Å². The number of aromatic nitrogens is 1. The molecular weight excluding hydrogens is 268 g/mol. The van der Waals surface area contributed by atoms with Crippen molar-refractivity contribution in [1.82, 2.24) is 4.98 Å². The van der Waals surface area contributed by atoms with E-state index >= 15 is 0 Å². The maximum absolute atomic E-state index is 10.8. The maximum Gasteiger partial charge on any atom is 0.335 e. The van der Waals surface area contributed by atoms with Crippen LogP contribution in [0.4, 0.5) is 0 Å². The van der Waals surface area contributed by atoms with Crippen LogP contribution in [-0.2, 0) is 0 Å². The van der Waals surface area contributed by atoms with Crippen LogP contribution in [-0.4, -0.2) is 16.1 Å². The molecule has 0 fully saturated rings. The molecular formula is C16H10N2O3. The van der Waals surface area contributed by atoms with Crippen molar-refractivity contribution in [2.75, 3.05) is 0 Å². The molecule has 0 radical (unpaired) electrons. The summed E-state index contributed by atoms with van der Waals surface area (Å²) in [5, 5.41) is 17.8. The second-order valence-corrected chi connectivity index (χ2v) is 4.65. The minimum Gasteiger partial charge on any atom is -0.478 e. The van der Waals surface area contributed by atoms with Crippen LogP contribution >= 0.6 is 0 Å². The van der Waals surface area contributed by atoms with Crippen LogP contribution in [0.1, 0.15) is 21.5 Å². The number of hydrogen-bond donors (Lipinski definition) is 1. The first-order valence-corrected chi connectivity index (χ1v) is 6.23. The molecule has 0 saturated carbocycles. The van der Waals surface area contributed by atoms with Crippen molar-refractivity contribution < 1.29 is 14.3 Å². The number of oxazole rings is 1. The van der Waals surface area contributed by atoms with Gasteiger partial charge in [0.15, 0.2) is 5.58 Å². The zero-order valence-electron chi connectivity index (χ0n) is 11.1. The summed E-state index contributed by atoms with van der Waals surface area (Å²) in [6.07, 6.45) is 0. The van der Waals surface area contributed by atoms with Crippen LogP contribution in [0.25, 0.3) is 22.6 Å². The lowest BCUT2D eigenvalue weighted by atomic mass is 10.1. The van der Waals surface area contributed by atoms with Gasteiger partial charge in [-0.15, -0.1) is 0 Å². The molecule has 2 aromatic carbocycles. The fourth-order valence-corrected chi connectivity index (χ4v) is 2.14. The van der Waals surface area contributed by atoms with Gasteiger partial charge in [-0.05, 0) is 48.9 Å². The normalized spacial score (nSPS) is 10.5. The van der Waals surface area contributed by atoms with E-state index in [0.29, 0.717) is 28.1 Å². The molecule has 0 unspecified atom stereocenters. The Labute approximate surface area is 120 Å². The number of benzene rings is 2. The minimum atomic E-state index is -0.978. The summed E-state index contributed by atoms with van der Waals surface area (Å²) in [5.41, 5.74) is 3.51. The monoisotopic (exact) mass is 278 g/mol. The van der Waals surface area contributed by atoms with Crippen molar-refractivity contribution >= 4 is 17.1 Å². The molecule has 3 aromatic rings. The van der Waals surface area contributed by atoms with Gasteiger partial charge in [-0.1, -0.05) is 0 Å². The smallest absolute Gasteiger partial charge is 0.335 e. The first kappa shape index (κ1) is 12.9. The fourth-order valence-electron chi connectivity index (χ4n) is 2.14. The third kappa shape index (κ3) is 2.23. The van der Waals surface area contributed by atoms with Crippen molar-refractivity contribution in [3.63, 3.8) is 0 Å². The van der Waals surface area contributed by atoms with Crippen LogP contribution in [0.3, 0.4) is 0 Å². The number of aromatic carboxylic acids is 1. The molecule has 102 valence electrons. The third-order valence-corrected chi connectivity index (χ3v) is 3.18. The number of nitrogens with zero attached hydrogens (tertiary/aromatic N) is 2. The molecule has 21 heavy (non-hydrogen) atoms. The Hall–Kier alpha value is -3.13. The Balaban J connectivity index is 2.11. The molecule has 0 aliphatic carbocycles. The molecule has 0 saturated heterocycles. The molecule has 0 spiro atoms. The van der Waals surface area contributed by atoms with Gasteiger partial charge in [0.2, 0.25) is 5.89 Å². The molecule has 1 heterocycles. The average molecular weight is 278 g/mol. The van der Waals surface area contributed by atoms with Gasteiger partial charge >= 0.3 is 5.97 Å². The van der Waals surface area contributed by atoms with E-state index in [2.05, 4.69) is 11.1 Å². The molecule has 0 aliphatic rings. The molecule has 5 heteroatoms. The Morgan fingerprint density at radius 2 is 2.00 bits per heavy atom. The van der Waals surface area contributed by atoms with Gasteiger partial charge in [0.25, 0.3) is 0 Å². The van der Waals surface area contributed by atoms with E-state index in [1.807, 2.05) is 6.92 Å². The highest BCUT2D eigenvalue weighted by atomic mass is 16.4. The Bertz CT molecular complexity index is 886. The highest BCUT2D eigenvalue weighted by Crippen LogP contribution is 2.27. The van der Waals surface area contributed by atoms with Crippen LogP contribution in [0.5, 0.6) is 0 Å². The summed E-state index contributed by atoms with van der Waals surface area (Å²) in [6, 6.07) is 11.8. The highest BCUT2D eigenvalue weighted by Gasteiger charge is 2.12. The van der Waals surface area contributed by atoms with Gasteiger partial charge in [-0.3, -0.25) is 0 Å². The molecule has 3 rings (SSSR count). The van der Waals surface area contributed by atoms with Gasteiger partial charge in [-0.25, -0.2) is 9.78 Å². The van der Waals surface area contributed by atoms with Gasteiger partial charge in [0.05, 0.1) is 17.2 Å². The molecule has 0 bridgehead atoms. The lowest BCUT2D eigenvalue weighted by molar-refractivity contribution is 0.0697. The molecule has 1 aromatic heterocycles. The van der Waals surface area contributed by atoms with E-state index < -0.39 is 5.97 Å². The van der Waals surface area contributed by atoms with Gasteiger partial charge < -0.3 is 9.52 Å². The van der Waals surface area contributed by atoms with Crippen molar-refractivity contribution in [1.29, 1.82) is 5.26 Å². The van der Waals surface area contributed by atoms with Gasteiger partial charge in [-0.2, -0.15) is 5.26 Å². The van der Waals surface area contributed by atoms with Gasteiger partial charge in [0, 0.05) is 5.56 Å². The first-order chi connectivity index (χ1) is 10.1. The number of carboxylic acids is 1. The summed E-state index contributed by atoms with van der Waals surface area (Å²) < 4.78 is 5.72. The number of carbonyl (C=O) groups is 1. The third-order valence-electron chi connectivity index (χ3n) is 3.18. The molecule has 0 aliphatic heterocycles. The van der Waals surface area contributed by atoms with Gasteiger partial charge in [0.1, 0.15) is 5.52 Å². The van der Waals surface area contributed by atoms with E-state index in [0.717, 1.165) is 5.56 Å². The Morgan fingerprint density at radius 1 is 1.29 bits per heavy atom.